The summed E-state index contributed by atoms with van der Waals surface area (Å²) in [5, 5.41) is 4.62. The summed E-state index contributed by atoms with van der Waals surface area (Å²) in [5.74, 6) is -0.254. The van der Waals surface area contributed by atoms with Gasteiger partial charge in [-0.2, -0.15) is 5.10 Å². The number of rotatable bonds is 1. The lowest BCUT2D eigenvalue weighted by molar-refractivity contribution is 0.158. The van der Waals surface area contributed by atoms with E-state index in [4.69, 9.17) is 4.74 Å². The number of hydrazone groups is 1. The highest BCUT2D eigenvalue weighted by molar-refractivity contribution is 6.20. The fourth-order valence-electron chi connectivity index (χ4n) is 4.80. The van der Waals surface area contributed by atoms with Gasteiger partial charge in [-0.1, -0.05) is 12.2 Å². The number of amides is 1. The van der Waals surface area contributed by atoms with Crippen molar-refractivity contribution in [3.8, 4) is 0 Å². The lowest BCUT2D eigenvalue weighted by Gasteiger charge is -2.32. The molecule has 1 aliphatic carbocycles. The molecule has 7 heteroatoms. The molecule has 0 spiro atoms. The summed E-state index contributed by atoms with van der Waals surface area (Å²) in [5.41, 5.74) is 10.9. The quantitative estimate of drug-likeness (QED) is 0.801. The van der Waals surface area contributed by atoms with Crippen LogP contribution in [-0.4, -0.2) is 54.4 Å². The minimum Gasteiger partial charge on any atom is -0.447 e. The lowest BCUT2D eigenvalue weighted by Crippen LogP contribution is -2.37. The monoisotopic (exact) mass is 390 g/mol. The summed E-state index contributed by atoms with van der Waals surface area (Å²) in [7, 11) is 2.02. The van der Waals surface area contributed by atoms with Gasteiger partial charge in [-0.25, -0.2) is 9.18 Å². The number of cyclic esters (lactones) is 1. The molecule has 1 N–H and O–H groups in total. The van der Waals surface area contributed by atoms with E-state index >= 15 is 0 Å². The zero-order valence-electron chi connectivity index (χ0n) is 15.9. The maximum absolute atomic E-state index is 14.4. The Labute approximate surface area is 167 Å². The van der Waals surface area contributed by atoms with Crippen molar-refractivity contribution in [2.45, 2.75) is 12.5 Å². The van der Waals surface area contributed by atoms with Crippen LogP contribution in [0.2, 0.25) is 0 Å². The molecular formula is C22H19FN4O2. The van der Waals surface area contributed by atoms with E-state index in [0.29, 0.717) is 13.2 Å². The number of hydrogen-bond donors (Lipinski definition) is 1. The highest BCUT2D eigenvalue weighted by Crippen LogP contribution is 2.40. The highest BCUT2D eigenvalue weighted by Gasteiger charge is 2.36. The highest BCUT2D eigenvalue weighted by atomic mass is 19.1. The standard InChI is InChI=1S/C22H19FN4O2/c1-26-9-17(12-4-5-27-15(7-12)11-29-22(27)28)21-18(10-26)16-8-14(23)6-13-2-3-19(20(13)16)24-25-21/h2-3,6-8,10,15,25H,4-5,9,11H2,1H3/t15-/m1/s1. The third kappa shape index (κ3) is 2.40. The van der Waals surface area contributed by atoms with Gasteiger partial charge in [0.25, 0.3) is 0 Å². The molecule has 0 unspecified atom stereocenters. The van der Waals surface area contributed by atoms with Crippen LogP contribution in [-0.2, 0) is 4.74 Å². The van der Waals surface area contributed by atoms with Crippen molar-refractivity contribution in [3.05, 3.63) is 69.8 Å². The predicted octanol–water partition coefficient (Wildman–Crippen LogP) is 2.85. The first-order valence-electron chi connectivity index (χ1n) is 9.74. The number of halogens is 1. The van der Waals surface area contributed by atoms with Gasteiger partial charge in [0.05, 0.1) is 17.5 Å². The van der Waals surface area contributed by atoms with Gasteiger partial charge in [0, 0.05) is 43.0 Å². The van der Waals surface area contributed by atoms with Crippen molar-refractivity contribution in [1.29, 1.82) is 0 Å². The van der Waals surface area contributed by atoms with Crippen LogP contribution in [0.15, 0.2) is 52.4 Å². The average molecular weight is 390 g/mol. The van der Waals surface area contributed by atoms with E-state index in [1.165, 1.54) is 5.57 Å². The molecule has 146 valence electrons. The first kappa shape index (κ1) is 16.6. The molecule has 6 rings (SSSR count). The van der Waals surface area contributed by atoms with Gasteiger partial charge in [0.15, 0.2) is 0 Å². The fourth-order valence-corrected chi connectivity index (χ4v) is 4.80. The molecule has 4 aliphatic heterocycles. The normalized spacial score (nSPS) is 24.1. The topological polar surface area (TPSA) is 57.2 Å². The average Bonchev–Trinajstić information content (AvgIpc) is 3.24. The third-order valence-electron chi connectivity index (χ3n) is 6.13. The number of nitrogens with zero attached hydrogens (tertiary/aromatic N) is 3. The van der Waals surface area contributed by atoms with Gasteiger partial charge in [-0.05, 0) is 41.3 Å². The van der Waals surface area contributed by atoms with Crippen LogP contribution >= 0.6 is 0 Å². The molecule has 1 aromatic rings. The second-order valence-electron chi connectivity index (χ2n) is 7.95. The van der Waals surface area contributed by atoms with Gasteiger partial charge < -0.3 is 9.64 Å². The van der Waals surface area contributed by atoms with Crippen LogP contribution < -0.4 is 5.43 Å². The number of benzene rings is 1. The predicted molar refractivity (Wildman–Crippen MR) is 107 cm³/mol. The van der Waals surface area contributed by atoms with Crippen LogP contribution in [0.4, 0.5) is 9.18 Å². The Morgan fingerprint density at radius 3 is 3.10 bits per heavy atom. The van der Waals surface area contributed by atoms with E-state index in [2.05, 4.69) is 27.7 Å². The van der Waals surface area contributed by atoms with E-state index in [0.717, 1.165) is 52.2 Å². The maximum Gasteiger partial charge on any atom is 0.410 e. The van der Waals surface area contributed by atoms with Crippen molar-refractivity contribution in [1.82, 2.24) is 15.2 Å². The summed E-state index contributed by atoms with van der Waals surface area (Å²) in [6, 6.07) is 3.12. The molecule has 0 bridgehead atoms. The molecule has 0 aromatic heterocycles. The molecule has 1 saturated heterocycles. The van der Waals surface area contributed by atoms with Crippen molar-refractivity contribution >= 4 is 23.5 Å². The van der Waals surface area contributed by atoms with Crippen LogP contribution in [0.3, 0.4) is 0 Å². The lowest BCUT2D eigenvalue weighted by atomic mass is 9.87. The summed E-state index contributed by atoms with van der Waals surface area (Å²) < 4.78 is 19.6. The van der Waals surface area contributed by atoms with Gasteiger partial charge in [-0.15, -0.1) is 0 Å². The Balaban J connectivity index is 1.52. The van der Waals surface area contributed by atoms with Crippen LogP contribution in [0, 0.1) is 5.82 Å². The number of ether oxygens (including phenoxy) is 1. The fraction of sp³-hybridized carbons (Fsp3) is 0.273. The Morgan fingerprint density at radius 1 is 1.31 bits per heavy atom. The summed E-state index contributed by atoms with van der Waals surface area (Å²) in [6.45, 7) is 1.75. The molecule has 5 aliphatic rings. The second kappa shape index (κ2) is 5.83. The minimum atomic E-state index is -0.254. The van der Waals surface area contributed by atoms with Gasteiger partial charge in [0.1, 0.15) is 12.4 Å². The van der Waals surface area contributed by atoms with Crippen molar-refractivity contribution in [3.63, 3.8) is 0 Å². The smallest absolute Gasteiger partial charge is 0.410 e. The van der Waals surface area contributed by atoms with Gasteiger partial charge in [0.2, 0.25) is 0 Å². The Hall–Kier alpha value is -3.35. The van der Waals surface area contributed by atoms with E-state index in [9.17, 15) is 9.18 Å². The molecule has 1 fully saturated rings. The number of fused-ring (bicyclic) bond motifs is 3. The van der Waals surface area contributed by atoms with E-state index < -0.39 is 0 Å². The Kier molecular flexibility index (Phi) is 3.33. The molecule has 0 saturated carbocycles. The zero-order valence-corrected chi connectivity index (χ0v) is 15.9. The number of carbonyl (C=O) groups is 1. The molecule has 0 radical (unpaired) electrons. The Bertz CT molecular complexity index is 1130. The number of carbonyl (C=O) groups excluding carboxylic acids is 1. The minimum absolute atomic E-state index is 0.0259. The number of allylic oxidation sites excluding steroid dienone is 2. The van der Waals surface area contributed by atoms with Crippen LogP contribution in [0.5, 0.6) is 0 Å². The van der Waals surface area contributed by atoms with Gasteiger partial charge >= 0.3 is 6.09 Å². The summed E-state index contributed by atoms with van der Waals surface area (Å²) >= 11 is 0. The molecule has 29 heavy (non-hydrogen) atoms. The zero-order chi connectivity index (χ0) is 19.7. The third-order valence-corrected chi connectivity index (χ3v) is 6.13. The largest absolute Gasteiger partial charge is 0.447 e. The van der Waals surface area contributed by atoms with Crippen molar-refractivity contribution in [2.24, 2.45) is 5.10 Å². The van der Waals surface area contributed by atoms with E-state index in [1.54, 1.807) is 17.0 Å². The maximum atomic E-state index is 14.4. The summed E-state index contributed by atoms with van der Waals surface area (Å²) in [4.78, 5) is 15.7. The first-order chi connectivity index (χ1) is 14.1. The number of hydrogen-bond acceptors (Lipinski definition) is 5. The molecule has 1 amide bonds. The number of nitrogens with one attached hydrogen (secondary N) is 1. The number of likely N-dealkylation sites (N-methyl/N-ethyl adjacent to an activating group) is 1. The SMILES string of the molecule is CN1C=C2C(=C(C3=C[C@@H]4COC(=O)N4CC3)C1)NN=C1C=Cc3cc(F)cc2c31. The molecule has 1 atom stereocenters. The molecular weight excluding hydrogens is 371 g/mol. The van der Waals surface area contributed by atoms with E-state index in [-0.39, 0.29) is 18.0 Å². The van der Waals surface area contributed by atoms with Crippen LogP contribution in [0.25, 0.3) is 11.6 Å². The summed E-state index contributed by atoms with van der Waals surface area (Å²) in [6.07, 6.45) is 8.52. The van der Waals surface area contributed by atoms with Crippen molar-refractivity contribution in [2.75, 3.05) is 26.7 Å². The Morgan fingerprint density at radius 2 is 2.21 bits per heavy atom. The van der Waals surface area contributed by atoms with Gasteiger partial charge in [-0.3, -0.25) is 10.3 Å². The molecule has 1 aromatic carbocycles. The van der Waals surface area contributed by atoms with Crippen molar-refractivity contribution < 1.29 is 13.9 Å². The second-order valence-corrected chi connectivity index (χ2v) is 7.95. The van der Waals surface area contributed by atoms with E-state index in [1.807, 2.05) is 19.2 Å². The molecule has 6 nitrogen and oxygen atoms in total. The van der Waals surface area contributed by atoms with Crippen LogP contribution in [0.1, 0.15) is 23.1 Å². The first-order valence-corrected chi connectivity index (χ1v) is 9.74. The molecule has 4 heterocycles.